The van der Waals surface area contributed by atoms with Crippen LogP contribution in [-0.4, -0.2) is 0 Å². The number of rotatable bonds is 13. The molecule has 0 N–H and O–H groups in total. The molecule has 0 heteroatoms. The van der Waals surface area contributed by atoms with E-state index in [4.69, 9.17) is 0 Å². The van der Waals surface area contributed by atoms with Crippen molar-refractivity contribution in [2.75, 3.05) is 0 Å². The highest BCUT2D eigenvalue weighted by molar-refractivity contribution is 4.66. The fourth-order valence-electron chi connectivity index (χ4n) is 2.76. The van der Waals surface area contributed by atoms with Gasteiger partial charge in [0, 0.05) is 0 Å². The molecule has 0 aliphatic heterocycles. The highest BCUT2D eigenvalue weighted by Crippen LogP contribution is 2.21. The second-order valence-electron chi connectivity index (χ2n) is 7.04. The molecule has 0 radical (unpaired) electrons. The van der Waals surface area contributed by atoms with Gasteiger partial charge in [-0.15, -0.1) is 6.58 Å². The lowest BCUT2D eigenvalue weighted by molar-refractivity contribution is 0.387. The van der Waals surface area contributed by atoms with Crippen molar-refractivity contribution in [1.82, 2.24) is 0 Å². The Bertz CT molecular complexity index is 192. The summed E-state index contributed by atoms with van der Waals surface area (Å²) >= 11 is 0. The minimum atomic E-state index is 0.878. The molecule has 0 heterocycles. The van der Waals surface area contributed by atoms with Crippen LogP contribution in [0.1, 0.15) is 91.9 Å². The molecule has 0 fully saturated rings. The van der Waals surface area contributed by atoms with Gasteiger partial charge in [-0.1, -0.05) is 85.1 Å². The molecule has 0 spiro atoms. The van der Waals surface area contributed by atoms with Crippen LogP contribution in [0.25, 0.3) is 0 Å². The van der Waals surface area contributed by atoms with Crippen molar-refractivity contribution < 1.29 is 0 Å². The summed E-state index contributed by atoms with van der Waals surface area (Å²) < 4.78 is 0. The maximum absolute atomic E-state index is 3.78. The summed E-state index contributed by atoms with van der Waals surface area (Å²) in [5.74, 6) is 2.74. The average molecular weight is 267 g/mol. The van der Waals surface area contributed by atoms with Crippen molar-refractivity contribution in [3.63, 3.8) is 0 Å². The molecular weight excluding hydrogens is 228 g/mol. The third-order valence-electron chi connectivity index (χ3n) is 4.23. The molecule has 0 saturated carbocycles. The molecule has 19 heavy (non-hydrogen) atoms. The monoisotopic (exact) mass is 266 g/mol. The standard InChI is InChI=1S/C19H38/c1-6-7-8-9-13-18(4)15-11-16-19(5)14-10-12-17(2)3/h6,17-19H,1,7-16H2,2-5H3. The van der Waals surface area contributed by atoms with E-state index >= 15 is 0 Å². The Kier molecular flexibility index (Phi) is 12.6. The fourth-order valence-corrected chi connectivity index (χ4v) is 2.76. The van der Waals surface area contributed by atoms with Crippen LogP contribution in [0.5, 0.6) is 0 Å². The smallest absolute Gasteiger partial charge is 0.0353 e. The van der Waals surface area contributed by atoms with E-state index in [1.807, 2.05) is 6.08 Å². The summed E-state index contributed by atoms with van der Waals surface area (Å²) in [5.41, 5.74) is 0. The molecule has 2 atom stereocenters. The Morgan fingerprint density at radius 2 is 1.16 bits per heavy atom. The Morgan fingerprint density at radius 1 is 0.684 bits per heavy atom. The van der Waals surface area contributed by atoms with Crippen LogP contribution in [-0.2, 0) is 0 Å². The maximum atomic E-state index is 3.78. The number of hydrogen-bond acceptors (Lipinski definition) is 0. The van der Waals surface area contributed by atoms with E-state index in [-0.39, 0.29) is 0 Å². The van der Waals surface area contributed by atoms with Crippen molar-refractivity contribution in [1.29, 1.82) is 0 Å². The second kappa shape index (κ2) is 12.8. The molecule has 0 aromatic carbocycles. The first-order valence-corrected chi connectivity index (χ1v) is 8.67. The number of allylic oxidation sites excluding steroid dienone is 1. The van der Waals surface area contributed by atoms with E-state index in [0.717, 1.165) is 17.8 Å². The Labute approximate surface area is 123 Å². The van der Waals surface area contributed by atoms with Gasteiger partial charge in [-0.3, -0.25) is 0 Å². The third kappa shape index (κ3) is 14.0. The van der Waals surface area contributed by atoms with Gasteiger partial charge in [0.25, 0.3) is 0 Å². The van der Waals surface area contributed by atoms with Crippen molar-refractivity contribution in [2.24, 2.45) is 17.8 Å². The molecule has 0 saturated heterocycles. The first kappa shape index (κ1) is 18.7. The molecule has 0 nitrogen and oxygen atoms in total. The Balaban J connectivity index is 3.37. The first-order chi connectivity index (χ1) is 9.06. The van der Waals surface area contributed by atoms with Gasteiger partial charge in [-0.05, 0) is 30.6 Å². The topological polar surface area (TPSA) is 0 Å². The largest absolute Gasteiger partial charge is 0.103 e. The number of unbranched alkanes of at least 4 members (excludes halogenated alkanes) is 2. The molecule has 0 aromatic heterocycles. The zero-order valence-corrected chi connectivity index (χ0v) is 14.1. The predicted molar refractivity (Wildman–Crippen MR) is 89.5 cm³/mol. The van der Waals surface area contributed by atoms with Crippen LogP contribution < -0.4 is 0 Å². The molecule has 0 aliphatic rings. The van der Waals surface area contributed by atoms with E-state index < -0.39 is 0 Å². The molecular formula is C19H38. The lowest BCUT2D eigenvalue weighted by atomic mass is 9.92. The van der Waals surface area contributed by atoms with Crippen LogP contribution in [0.3, 0.4) is 0 Å². The van der Waals surface area contributed by atoms with Gasteiger partial charge in [0.15, 0.2) is 0 Å². The summed E-state index contributed by atoms with van der Waals surface area (Å²) in [4.78, 5) is 0. The van der Waals surface area contributed by atoms with Crippen LogP contribution in [0, 0.1) is 17.8 Å². The molecule has 114 valence electrons. The molecule has 0 bridgehead atoms. The summed E-state index contributed by atoms with van der Waals surface area (Å²) in [7, 11) is 0. The molecule has 0 amide bonds. The van der Waals surface area contributed by atoms with Gasteiger partial charge in [0.1, 0.15) is 0 Å². The van der Waals surface area contributed by atoms with Crippen molar-refractivity contribution in [3.8, 4) is 0 Å². The Hall–Kier alpha value is -0.260. The van der Waals surface area contributed by atoms with E-state index in [1.54, 1.807) is 0 Å². The quantitative estimate of drug-likeness (QED) is 0.248. The summed E-state index contributed by atoms with van der Waals surface area (Å²) in [6.07, 6.45) is 15.9. The van der Waals surface area contributed by atoms with E-state index in [9.17, 15) is 0 Å². The minimum Gasteiger partial charge on any atom is -0.103 e. The van der Waals surface area contributed by atoms with Gasteiger partial charge in [-0.25, -0.2) is 0 Å². The van der Waals surface area contributed by atoms with Crippen molar-refractivity contribution >= 4 is 0 Å². The Morgan fingerprint density at radius 3 is 1.63 bits per heavy atom. The minimum absolute atomic E-state index is 0.878. The van der Waals surface area contributed by atoms with Gasteiger partial charge < -0.3 is 0 Å². The zero-order valence-electron chi connectivity index (χ0n) is 14.1. The van der Waals surface area contributed by atoms with Crippen molar-refractivity contribution in [3.05, 3.63) is 12.7 Å². The van der Waals surface area contributed by atoms with Crippen LogP contribution in [0.15, 0.2) is 12.7 Å². The SMILES string of the molecule is C=CCCCCC(C)CCCC(C)CCCC(C)C. The third-order valence-corrected chi connectivity index (χ3v) is 4.23. The molecule has 0 rings (SSSR count). The van der Waals surface area contributed by atoms with Crippen LogP contribution in [0.4, 0.5) is 0 Å². The summed E-state index contributed by atoms with van der Waals surface area (Å²) in [6.45, 7) is 13.3. The van der Waals surface area contributed by atoms with Crippen molar-refractivity contribution in [2.45, 2.75) is 91.9 Å². The van der Waals surface area contributed by atoms with Gasteiger partial charge >= 0.3 is 0 Å². The zero-order chi connectivity index (χ0) is 14.5. The average Bonchev–Trinajstić information content (AvgIpc) is 2.34. The molecule has 2 unspecified atom stereocenters. The van der Waals surface area contributed by atoms with Gasteiger partial charge in [0.05, 0.1) is 0 Å². The molecule has 0 aliphatic carbocycles. The fraction of sp³-hybridized carbons (Fsp3) is 0.895. The van der Waals surface area contributed by atoms with Crippen LogP contribution in [0.2, 0.25) is 0 Å². The lowest BCUT2D eigenvalue weighted by Gasteiger charge is -2.14. The highest BCUT2D eigenvalue weighted by atomic mass is 14.1. The van der Waals surface area contributed by atoms with Gasteiger partial charge in [-0.2, -0.15) is 0 Å². The van der Waals surface area contributed by atoms with E-state index in [1.165, 1.54) is 64.2 Å². The highest BCUT2D eigenvalue weighted by Gasteiger charge is 2.06. The summed E-state index contributed by atoms with van der Waals surface area (Å²) in [6, 6.07) is 0. The summed E-state index contributed by atoms with van der Waals surface area (Å²) in [5, 5.41) is 0. The predicted octanol–water partition coefficient (Wildman–Crippen LogP) is 7.00. The van der Waals surface area contributed by atoms with E-state index in [0.29, 0.717) is 0 Å². The van der Waals surface area contributed by atoms with E-state index in [2.05, 4.69) is 34.3 Å². The normalized spacial score (nSPS) is 14.6. The number of hydrogen-bond donors (Lipinski definition) is 0. The van der Waals surface area contributed by atoms with Gasteiger partial charge in [0.2, 0.25) is 0 Å². The molecule has 0 aromatic rings. The maximum Gasteiger partial charge on any atom is -0.0353 e. The van der Waals surface area contributed by atoms with Crippen LogP contribution >= 0.6 is 0 Å². The first-order valence-electron chi connectivity index (χ1n) is 8.67. The lowest BCUT2D eigenvalue weighted by Crippen LogP contribution is -2.00. The second-order valence-corrected chi connectivity index (χ2v) is 7.04.